The maximum Gasteiger partial charge on any atom is 0.204 e. The number of rotatable bonds is 3. The van der Waals surface area contributed by atoms with E-state index in [1.807, 2.05) is 7.05 Å². The Morgan fingerprint density at radius 3 is 2.80 bits per heavy atom. The van der Waals surface area contributed by atoms with Gasteiger partial charge in [0, 0.05) is 19.6 Å². The highest BCUT2D eigenvalue weighted by Gasteiger charge is 2.35. The molecular weight excluding hydrogens is 252 g/mol. The first-order valence-electron chi connectivity index (χ1n) is 7.68. The fourth-order valence-electron chi connectivity index (χ4n) is 3.82. The lowest BCUT2D eigenvalue weighted by atomic mass is 9.78. The van der Waals surface area contributed by atoms with Crippen LogP contribution in [0.4, 0.5) is 11.6 Å². The second kappa shape index (κ2) is 5.85. The minimum atomic E-state index is 0.631. The monoisotopic (exact) mass is 276 g/mol. The van der Waals surface area contributed by atoms with Gasteiger partial charge in [-0.1, -0.05) is 12.8 Å². The molecule has 0 amide bonds. The van der Waals surface area contributed by atoms with E-state index < -0.39 is 0 Å². The Hall–Kier alpha value is -1.52. The first kappa shape index (κ1) is 13.5. The topological polar surface area (TPSA) is 50.3 Å². The molecule has 110 valence electrons. The van der Waals surface area contributed by atoms with E-state index in [9.17, 15) is 0 Å². The molecule has 20 heavy (non-hydrogen) atoms. The van der Waals surface area contributed by atoms with Gasteiger partial charge in [0.15, 0.2) is 11.6 Å². The van der Waals surface area contributed by atoms with Gasteiger partial charge in [0.05, 0.1) is 7.11 Å². The number of piperidine rings is 1. The summed E-state index contributed by atoms with van der Waals surface area (Å²) < 4.78 is 5.57. The Balaban J connectivity index is 1.94. The molecule has 1 N–H and O–H groups in total. The predicted octanol–water partition coefficient (Wildman–Crippen LogP) is 2.69. The van der Waals surface area contributed by atoms with Crippen LogP contribution in [0.5, 0.6) is 5.75 Å². The number of nitrogens with zero attached hydrogens (tertiary/aromatic N) is 3. The molecule has 0 spiro atoms. The van der Waals surface area contributed by atoms with Crippen molar-refractivity contribution >= 4 is 11.6 Å². The summed E-state index contributed by atoms with van der Waals surface area (Å²) in [7, 11) is 3.57. The first-order chi connectivity index (χ1) is 9.85. The van der Waals surface area contributed by atoms with Gasteiger partial charge in [-0.15, -0.1) is 0 Å². The molecule has 1 saturated heterocycles. The summed E-state index contributed by atoms with van der Waals surface area (Å²) in [6, 6.07) is 0.631. The number of nitrogens with one attached hydrogen (secondary N) is 1. The van der Waals surface area contributed by atoms with Crippen LogP contribution in [0.1, 0.15) is 38.5 Å². The number of aromatic nitrogens is 2. The fourth-order valence-corrected chi connectivity index (χ4v) is 3.82. The molecule has 1 aromatic rings. The Bertz CT molecular complexity index is 463. The molecule has 0 radical (unpaired) electrons. The van der Waals surface area contributed by atoms with Crippen molar-refractivity contribution < 1.29 is 4.74 Å². The number of ether oxygens (including phenoxy) is 1. The third-order valence-electron chi connectivity index (χ3n) is 4.74. The highest BCUT2D eigenvalue weighted by molar-refractivity contribution is 5.65. The molecule has 1 aromatic heterocycles. The standard InChI is InChI=1S/C15H24N4O/c1-16-14-13(20-2)15(18-10-17-14)19-9-5-7-11-6-3-4-8-12(11)19/h10-12H,3-9H2,1-2H3,(H,16,17,18). The van der Waals surface area contributed by atoms with E-state index in [-0.39, 0.29) is 0 Å². The van der Waals surface area contributed by atoms with Crippen molar-refractivity contribution in [2.75, 3.05) is 30.9 Å². The van der Waals surface area contributed by atoms with Crippen LogP contribution in [0.25, 0.3) is 0 Å². The molecule has 5 heteroatoms. The van der Waals surface area contributed by atoms with Crippen molar-refractivity contribution in [1.29, 1.82) is 0 Å². The van der Waals surface area contributed by atoms with Crippen LogP contribution >= 0.6 is 0 Å². The van der Waals surface area contributed by atoms with E-state index in [1.54, 1.807) is 13.4 Å². The van der Waals surface area contributed by atoms with Gasteiger partial charge in [0.25, 0.3) is 0 Å². The SMILES string of the molecule is CNc1ncnc(N2CCCC3CCCCC32)c1OC. The van der Waals surface area contributed by atoms with E-state index in [0.717, 1.165) is 29.8 Å². The smallest absolute Gasteiger partial charge is 0.204 e. The summed E-state index contributed by atoms with van der Waals surface area (Å²) in [5.41, 5.74) is 0. The Kier molecular flexibility index (Phi) is 3.94. The molecule has 5 nitrogen and oxygen atoms in total. The van der Waals surface area contributed by atoms with Crippen LogP contribution in [0.2, 0.25) is 0 Å². The second-order valence-corrected chi connectivity index (χ2v) is 5.78. The molecule has 2 heterocycles. The number of fused-ring (bicyclic) bond motifs is 1. The maximum atomic E-state index is 5.57. The van der Waals surface area contributed by atoms with Gasteiger partial charge < -0.3 is 15.0 Å². The van der Waals surface area contributed by atoms with Gasteiger partial charge in [0.1, 0.15) is 6.33 Å². The molecule has 0 aromatic carbocycles. The average molecular weight is 276 g/mol. The molecule has 2 unspecified atom stereocenters. The van der Waals surface area contributed by atoms with Crippen LogP contribution < -0.4 is 15.0 Å². The lowest BCUT2D eigenvalue weighted by Gasteiger charge is -2.45. The quantitative estimate of drug-likeness (QED) is 0.920. The van der Waals surface area contributed by atoms with Crippen molar-refractivity contribution in [3.8, 4) is 5.75 Å². The number of hydrogen-bond acceptors (Lipinski definition) is 5. The first-order valence-corrected chi connectivity index (χ1v) is 7.68. The zero-order valence-electron chi connectivity index (χ0n) is 12.4. The lowest BCUT2D eigenvalue weighted by Crippen LogP contribution is -2.47. The Morgan fingerprint density at radius 1 is 1.20 bits per heavy atom. The highest BCUT2D eigenvalue weighted by Crippen LogP contribution is 2.41. The van der Waals surface area contributed by atoms with Crippen LogP contribution in [0.3, 0.4) is 0 Å². The summed E-state index contributed by atoms with van der Waals surface area (Å²) in [4.78, 5) is 11.2. The van der Waals surface area contributed by atoms with Crippen LogP contribution in [0.15, 0.2) is 6.33 Å². The minimum absolute atomic E-state index is 0.631. The third kappa shape index (κ3) is 2.30. The van der Waals surface area contributed by atoms with E-state index in [1.165, 1.54) is 38.5 Å². The van der Waals surface area contributed by atoms with E-state index in [0.29, 0.717) is 6.04 Å². The molecule has 2 fully saturated rings. The van der Waals surface area contributed by atoms with E-state index >= 15 is 0 Å². The maximum absolute atomic E-state index is 5.57. The minimum Gasteiger partial charge on any atom is -0.490 e. The molecule has 1 aliphatic heterocycles. The van der Waals surface area contributed by atoms with Crippen molar-refractivity contribution in [3.05, 3.63) is 6.33 Å². The molecule has 1 aliphatic carbocycles. The third-order valence-corrected chi connectivity index (χ3v) is 4.74. The van der Waals surface area contributed by atoms with Gasteiger partial charge in [-0.2, -0.15) is 0 Å². The zero-order chi connectivity index (χ0) is 13.9. The molecule has 2 atom stereocenters. The van der Waals surface area contributed by atoms with Crippen molar-refractivity contribution in [3.63, 3.8) is 0 Å². The Labute approximate surface area is 120 Å². The van der Waals surface area contributed by atoms with Crippen molar-refractivity contribution in [2.24, 2.45) is 5.92 Å². The van der Waals surface area contributed by atoms with E-state index in [2.05, 4.69) is 20.2 Å². The molecule has 3 rings (SSSR count). The number of methoxy groups -OCH3 is 1. The van der Waals surface area contributed by atoms with Crippen LogP contribution in [-0.4, -0.2) is 36.7 Å². The fraction of sp³-hybridized carbons (Fsp3) is 0.733. The van der Waals surface area contributed by atoms with Crippen LogP contribution in [-0.2, 0) is 0 Å². The largest absolute Gasteiger partial charge is 0.490 e. The van der Waals surface area contributed by atoms with Gasteiger partial charge in [-0.25, -0.2) is 9.97 Å². The molecular formula is C15H24N4O. The molecule has 1 saturated carbocycles. The predicted molar refractivity (Wildman–Crippen MR) is 80.5 cm³/mol. The van der Waals surface area contributed by atoms with Gasteiger partial charge in [-0.3, -0.25) is 0 Å². The van der Waals surface area contributed by atoms with Gasteiger partial charge >= 0.3 is 0 Å². The summed E-state index contributed by atoms with van der Waals surface area (Å²) in [6.07, 6.45) is 9.63. The number of hydrogen-bond donors (Lipinski definition) is 1. The van der Waals surface area contributed by atoms with Crippen LogP contribution in [0, 0.1) is 5.92 Å². The van der Waals surface area contributed by atoms with Crippen molar-refractivity contribution in [1.82, 2.24) is 9.97 Å². The van der Waals surface area contributed by atoms with E-state index in [4.69, 9.17) is 4.74 Å². The second-order valence-electron chi connectivity index (χ2n) is 5.78. The van der Waals surface area contributed by atoms with Gasteiger partial charge in [0.2, 0.25) is 5.75 Å². The zero-order valence-corrected chi connectivity index (χ0v) is 12.4. The summed E-state index contributed by atoms with van der Waals surface area (Å²) >= 11 is 0. The molecule has 0 bridgehead atoms. The average Bonchev–Trinajstić information content (AvgIpc) is 2.53. The molecule has 2 aliphatic rings. The Morgan fingerprint density at radius 2 is 2.00 bits per heavy atom. The normalized spacial score (nSPS) is 26.0. The lowest BCUT2D eigenvalue weighted by molar-refractivity contribution is 0.241. The van der Waals surface area contributed by atoms with Gasteiger partial charge in [-0.05, 0) is 31.6 Å². The summed E-state index contributed by atoms with van der Waals surface area (Å²) in [6.45, 7) is 1.08. The highest BCUT2D eigenvalue weighted by atomic mass is 16.5. The summed E-state index contributed by atoms with van der Waals surface area (Å²) in [5, 5.41) is 3.10. The number of anilines is 2. The summed E-state index contributed by atoms with van der Waals surface area (Å²) in [5.74, 6) is 3.34. The van der Waals surface area contributed by atoms with Crippen molar-refractivity contribution in [2.45, 2.75) is 44.6 Å².